The van der Waals surface area contributed by atoms with E-state index in [-0.39, 0.29) is 58.5 Å². The molecule has 5 rings (SSSR count). The third-order valence-electron chi connectivity index (χ3n) is 10.8. The van der Waals surface area contributed by atoms with Crippen LogP contribution in [0.3, 0.4) is 0 Å². The molecule has 0 bridgehead atoms. The van der Waals surface area contributed by atoms with Crippen molar-refractivity contribution in [1.29, 1.82) is 0 Å². The maximum atomic E-state index is 15.3. The van der Waals surface area contributed by atoms with E-state index in [0.717, 1.165) is 114 Å². The van der Waals surface area contributed by atoms with Crippen LogP contribution in [0.5, 0.6) is 34.5 Å². The summed E-state index contributed by atoms with van der Waals surface area (Å²) < 4.78 is 39.3. The second-order valence-electron chi connectivity index (χ2n) is 15.8. The topological polar surface area (TPSA) is 89.5 Å². The minimum atomic E-state index is -0.372. The highest BCUT2D eigenvalue weighted by atomic mass is 16.5. The average molecular weight is 821 g/mol. The smallest absolute Gasteiger partial charge is 0.204 e. The fourth-order valence-electron chi connectivity index (χ4n) is 7.36. The summed E-state index contributed by atoms with van der Waals surface area (Å²) in [7, 11) is 0. The van der Waals surface area contributed by atoms with Crippen LogP contribution in [-0.4, -0.2) is 38.0 Å². The van der Waals surface area contributed by atoms with E-state index in [4.69, 9.17) is 28.4 Å². The van der Waals surface area contributed by atoms with Crippen LogP contribution in [0.25, 0.3) is 0 Å². The Kier molecular flexibility index (Phi) is 19.7. The van der Waals surface area contributed by atoms with Crippen LogP contribution < -0.4 is 28.4 Å². The van der Waals surface area contributed by atoms with Crippen molar-refractivity contribution in [3.8, 4) is 34.5 Å². The van der Waals surface area contributed by atoms with Crippen LogP contribution in [-0.2, 0) is 13.2 Å². The Morgan fingerprint density at radius 1 is 0.367 bits per heavy atom. The molecular formula is C52H68O8. The summed E-state index contributed by atoms with van der Waals surface area (Å²) >= 11 is 0. The number of carbonyl (C=O) groups excluding carboxylic acids is 2. The lowest BCUT2D eigenvalue weighted by Crippen LogP contribution is -2.25. The minimum Gasteiger partial charge on any atom is -0.490 e. The number of ether oxygens (including phenoxy) is 6. The van der Waals surface area contributed by atoms with Gasteiger partial charge < -0.3 is 28.4 Å². The first-order valence-corrected chi connectivity index (χ1v) is 22.9. The van der Waals surface area contributed by atoms with Crippen molar-refractivity contribution in [2.45, 2.75) is 144 Å². The molecule has 60 heavy (non-hydrogen) atoms. The van der Waals surface area contributed by atoms with Crippen LogP contribution in [0.4, 0.5) is 0 Å². The zero-order valence-corrected chi connectivity index (χ0v) is 36.8. The van der Waals surface area contributed by atoms with E-state index in [1.54, 1.807) is 12.1 Å². The third-order valence-corrected chi connectivity index (χ3v) is 10.8. The SMILES string of the molecule is CCCCCCOc1cc2c(c(OCc3ccccc3)c1OCCCCCC)C(=O)c1cc(OCCCCCC)c(OCCCCCC)c(OCc3ccccc3)c1C2=O. The van der Waals surface area contributed by atoms with E-state index < -0.39 is 0 Å². The van der Waals surface area contributed by atoms with E-state index in [9.17, 15) is 0 Å². The molecule has 0 aliphatic heterocycles. The van der Waals surface area contributed by atoms with E-state index >= 15 is 9.59 Å². The van der Waals surface area contributed by atoms with Crippen LogP contribution in [0.1, 0.15) is 173 Å². The molecule has 1 aliphatic carbocycles. The summed E-state index contributed by atoms with van der Waals surface area (Å²) in [5.74, 6) is 1.15. The van der Waals surface area contributed by atoms with Gasteiger partial charge in [-0.05, 0) is 48.9 Å². The molecule has 4 aromatic rings. The quantitative estimate of drug-likeness (QED) is 0.0423. The van der Waals surface area contributed by atoms with Crippen molar-refractivity contribution in [3.05, 3.63) is 106 Å². The zero-order valence-electron chi connectivity index (χ0n) is 36.8. The van der Waals surface area contributed by atoms with Crippen LogP contribution in [0, 0.1) is 0 Å². The first kappa shape index (κ1) is 46.1. The lowest BCUT2D eigenvalue weighted by molar-refractivity contribution is 0.0967. The lowest BCUT2D eigenvalue weighted by Gasteiger charge is -2.27. The van der Waals surface area contributed by atoms with Crippen LogP contribution >= 0.6 is 0 Å². The lowest BCUT2D eigenvalue weighted by atomic mass is 9.82. The summed E-state index contributed by atoms with van der Waals surface area (Å²) in [6.07, 6.45) is 16.2. The molecule has 0 saturated heterocycles. The van der Waals surface area contributed by atoms with Gasteiger partial charge in [0.25, 0.3) is 0 Å². The van der Waals surface area contributed by atoms with Gasteiger partial charge in [0, 0.05) is 11.1 Å². The Labute approximate surface area is 359 Å². The summed E-state index contributed by atoms with van der Waals surface area (Å²) in [5.41, 5.74) is 2.51. The van der Waals surface area contributed by atoms with Gasteiger partial charge in [0.05, 0.1) is 37.6 Å². The number of carbonyl (C=O) groups is 2. The monoisotopic (exact) mass is 820 g/mol. The molecule has 0 aromatic heterocycles. The molecule has 324 valence electrons. The maximum absolute atomic E-state index is 15.3. The predicted octanol–water partition coefficient (Wildman–Crippen LogP) is 13.5. The van der Waals surface area contributed by atoms with Crippen molar-refractivity contribution in [2.75, 3.05) is 26.4 Å². The Hall–Kier alpha value is -4.98. The third kappa shape index (κ3) is 13.0. The van der Waals surface area contributed by atoms with Gasteiger partial charge in [0.1, 0.15) is 13.2 Å². The molecule has 0 saturated carbocycles. The molecule has 1 aliphatic rings. The predicted molar refractivity (Wildman–Crippen MR) is 240 cm³/mol. The maximum Gasteiger partial charge on any atom is 0.204 e. The normalized spacial score (nSPS) is 11.9. The van der Waals surface area contributed by atoms with Gasteiger partial charge in [-0.2, -0.15) is 0 Å². The van der Waals surface area contributed by atoms with E-state index in [1.165, 1.54) is 0 Å². The molecule has 8 heteroatoms. The fourth-order valence-corrected chi connectivity index (χ4v) is 7.36. The first-order chi connectivity index (χ1) is 29.5. The Morgan fingerprint density at radius 3 is 1.03 bits per heavy atom. The summed E-state index contributed by atoms with van der Waals surface area (Å²) in [6, 6.07) is 22.9. The second kappa shape index (κ2) is 25.6. The number of benzene rings is 4. The van der Waals surface area contributed by atoms with Crippen molar-refractivity contribution >= 4 is 11.6 Å². The molecule has 8 nitrogen and oxygen atoms in total. The van der Waals surface area contributed by atoms with Crippen molar-refractivity contribution in [2.24, 2.45) is 0 Å². The molecule has 0 amide bonds. The second-order valence-corrected chi connectivity index (χ2v) is 15.8. The van der Waals surface area contributed by atoms with Gasteiger partial charge in [-0.3, -0.25) is 9.59 Å². The summed E-state index contributed by atoms with van der Waals surface area (Å²) in [4.78, 5) is 30.5. The Morgan fingerprint density at radius 2 is 0.700 bits per heavy atom. The molecular weight excluding hydrogens is 753 g/mol. The molecule has 0 N–H and O–H groups in total. The molecule has 0 unspecified atom stereocenters. The molecule has 0 radical (unpaired) electrons. The molecule has 0 fully saturated rings. The summed E-state index contributed by atoms with van der Waals surface area (Å²) in [6.45, 7) is 10.7. The van der Waals surface area contributed by atoms with E-state index in [0.29, 0.717) is 49.4 Å². The number of hydrogen-bond acceptors (Lipinski definition) is 8. The van der Waals surface area contributed by atoms with Gasteiger partial charge in [0.2, 0.25) is 11.5 Å². The van der Waals surface area contributed by atoms with Crippen molar-refractivity contribution < 1.29 is 38.0 Å². The molecule has 4 aromatic carbocycles. The number of fused-ring (bicyclic) bond motifs is 2. The Balaban J connectivity index is 1.67. The highest BCUT2D eigenvalue weighted by molar-refractivity contribution is 6.31. The average Bonchev–Trinajstić information content (AvgIpc) is 3.27. The minimum absolute atomic E-state index is 0.154. The number of rotatable bonds is 30. The fraction of sp³-hybridized carbons (Fsp3) is 0.500. The van der Waals surface area contributed by atoms with Crippen molar-refractivity contribution in [1.82, 2.24) is 0 Å². The number of hydrogen-bond donors (Lipinski definition) is 0. The molecule has 0 heterocycles. The molecule has 0 atom stereocenters. The standard InChI is InChI=1S/C52H68O8/c1-5-9-13-23-31-55-43-35-41-45(51(49(43)57-33-25-15-11-7-3)59-37-39-27-19-17-20-28-39)48(54)42-36-44(56-32-24-14-10-6-2)50(58-34-26-16-12-8-4)52(46(42)47(41)53)60-38-40-29-21-18-22-30-40/h17-22,27-30,35-36H,5-16,23-26,31-34,37-38H2,1-4H3. The van der Waals surface area contributed by atoms with Crippen molar-refractivity contribution in [3.63, 3.8) is 0 Å². The van der Waals surface area contributed by atoms with Gasteiger partial charge in [-0.1, -0.05) is 165 Å². The van der Waals surface area contributed by atoms with Gasteiger partial charge >= 0.3 is 0 Å². The largest absolute Gasteiger partial charge is 0.490 e. The first-order valence-electron chi connectivity index (χ1n) is 22.9. The zero-order chi connectivity index (χ0) is 42.4. The van der Waals surface area contributed by atoms with E-state index in [1.807, 2.05) is 60.7 Å². The van der Waals surface area contributed by atoms with Gasteiger partial charge in [-0.15, -0.1) is 0 Å². The number of unbranched alkanes of at least 4 members (excludes halogenated alkanes) is 12. The molecule has 0 spiro atoms. The van der Waals surface area contributed by atoms with Crippen LogP contribution in [0.15, 0.2) is 72.8 Å². The Bertz CT molecular complexity index is 1770. The summed E-state index contributed by atoms with van der Waals surface area (Å²) in [5, 5.41) is 0. The highest BCUT2D eigenvalue weighted by Gasteiger charge is 2.41. The number of ketones is 2. The highest BCUT2D eigenvalue weighted by Crippen LogP contribution is 2.51. The van der Waals surface area contributed by atoms with Gasteiger partial charge in [-0.25, -0.2) is 0 Å². The van der Waals surface area contributed by atoms with E-state index in [2.05, 4.69) is 27.7 Å². The van der Waals surface area contributed by atoms with Crippen LogP contribution in [0.2, 0.25) is 0 Å². The van der Waals surface area contributed by atoms with Gasteiger partial charge in [0.15, 0.2) is 34.6 Å².